The number of halogens is 1. The lowest BCUT2D eigenvalue weighted by Crippen LogP contribution is -2.75. The van der Waals surface area contributed by atoms with Crippen LogP contribution in [0.3, 0.4) is 0 Å². The number of quaternary nitrogens is 1. The Kier molecular flexibility index (Phi) is 7.54. The Morgan fingerprint density at radius 2 is 1.86 bits per heavy atom. The first-order valence-corrected chi connectivity index (χ1v) is 9.93. The van der Waals surface area contributed by atoms with Gasteiger partial charge in [-0.1, -0.05) is 11.6 Å². The summed E-state index contributed by atoms with van der Waals surface area (Å²) in [6.45, 7) is 0.609. The monoisotopic (exact) mass is 427 g/mol. The average Bonchev–Trinajstić information content (AvgIpc) is 3.11. The fourth-order valence-corrected chi connectivity index (χ4v) is 4.08. The third-order valence-electron chi connectivity index (χ3n) is 4.27. The number of aliphatic hydroxyl groups is 1. The summed E-state index contributed by atoms with van der Waals surface area (Å²) in [5, 5.41) is 18.3. The number of likely N-dealkylation sites (N-methyl/N-ethyl adjacent to an activating group) is 1. The van der Waals surface area contributed by atoms with Gasteiger partial charge in [0, 0.05) is 17.0 Å². The molecule has 1 aliphatic rings. The summed E-state index contributed by atoms with van der Waals surface area (Å²) in [5.41, 5.74) is 0. The summed E-state index contributed by atoms with van der Waals surface area (Å²) in [5.74, 6) is 0.320. The summed E-state index contributed by atoms with van der Waals surface area (Å²) in [7, 11) is 4.74. The van der Waals surface area contributed by atoms with E-state index in [2.05, 4.69) is 0 Å². The number of hydrogen-bond acceptors (Lipinski definition) is 5. The molecule has 0 bridgehead atoms. The molecule has 0 saturated carbocycles. The highest BCUT2D eigenvalue weighted by Crippen LogP contribution is 2.30. The first kappa shape index (κ1) is 22.3. The van der Waals surface area contributed by atoms with Crippen molar-refractivity contribution >= 4 is 35.2 Å². The molecule has 1 atom stereocenters. The Hall–Kier alpha value is -2.00. The van der Waals surface area contributed by atoms with E-state index < -0.39 is 5.97 Å². The minimum Gasteiger partial charge on any atom is -0.481 e. The molecule has 2 N–H and O–H groups in total. The Morgan fingerprint density at radius 3 is 2.43 bits per heavy atom. The van der Waals surface area contributed by atoms with Gasteiger partial charge in [0.25, 0.3) is 0 Å². The number of carbonyl (C=O) groups excluding carboxylic acids is 1. The number of carboxylic acid groups (broad SMARTS) is 1. The maximum atomic E-state index is 12.8. The second-order valence-corrected chi connectivity index (χ2v) is 8.20. The molecule has 1 amide bonds. The van der Waals surface area contributed by atoms with Crippen LogP contribution in [0, 0.1) is 0 Å². The van der Waals surface area contributed by atoms with Gasteiger partial charge in [-0.05, 0) is 36.4 Å². The zero-order valence-electron chi connectivity index (χ0n) is 16.0. The number of aliphatic hydroxyl groups excluding tert-OH is 1. The van der Waals surface area contributed by atoms with Crippen LogP contribution in [0.2, 0.25) is 5.02 Å². The summed E-state index contributed by atoms with van der Waals surface area (Å²) < 4.78 is 6.02. The van der Waals surface area contributed by atoms with Gasteiger partial charge in [-0.2, -0.15) is 5.01 Å². The van der Waals surface area contributed by atoms with E-state index in [1.165, 1.54) is 0 Å². The molecule has 0 radical (unpaired) electrons. The number of nitrogens with zero attached hydrogens (tertiary/aromatic N) is 2. The van der Waals surface area contributed by atoms with E-state index in [1.54, 1.807) is 28.9 Å². The molecule has 0 aliphatic carbocycles. The molecule has 0 spiro atoms. The van der Waals surface area contributed by atoms with E-state index in [-0.39, 0.29) is 24.1 Å². The van der Waals surface area contributed by atoms with E-state index in [0.717, 1.165) is 12.0 Å². The van der Waals surface area contributed by atoms with Crippen LogP contribution in [0.4, 0.5) is 0 Å². The number of hydrogen-bond donors (Lipinski definition) is 2. The zero-order valence-corrected chi connectivity index (χ0v) is 17.5. The topological polar surface area (TPSA) is 91.0 Å². The van der Waals surface area contributed by atoms with Crippen LogP contribution in [0.5, 0.6) is 0 Å². The molecule has 7 nitrogen and oxygen atoms in total. The molecule has 2 heterocycles. The Labute approximate surface area is 173 Å². The van der Waals surface area contributed by atoms with Gasteiger partial charge >= 0.3 is 11.9 Å². The van der Waals surface area contributed by atoms with E-state index >= 15 is 0 Å². The van der Waals surface area contributed by atoms with Gasteiger partial charge in [0.2, 0.25) is 0 Å². The molecule has 1 unspecified atom stereocenters. The Balaban J connectivity index is 0.00000136. The van der Waals surface area contributed by atoms with Crippen molar-refractivity contribution in [2.45, 2.75) is 23.1 Å². The fraction of sp³-hybridized carbons (Fsp3) is 0.368. The van der Waals surface area contributed by atoms with Gasteiger partial charge in [0.15, 0.2) is 5.76 Å². The minimum absolute atomic E-state index is 0.0621. The highest BCUT2D eigenvalue weighted by atomic mass is 35.5. The molecular formula is C19H24ClN2O5S+. The molecule has 1 aromatic heterocycles. The van der Waals surface area contributed by atoms with Gasteiger partial charge in [-0.3, -0.25) is 9.59 Å². The number of rotatable bonds is 6. The zero-order chi connectivity index (χ0) is 20.9. The number of thioether (sulfide) groups is 1. The first-order valence-electron chi connectivity index (χ1n) is 8.57. The first-order chi connectivity index (χ1) is 13.3. The highest BCUT2D eigenvalue weighted by Gasteiger charge is 2.51. The van der Waals surface area contributed by atoms with Crippen molar-refractivity contribution in [3.05, 3.63) is 52.9 Å². The summed E-state index contributed by atoms with van der Waals surface area (Å²) in [6.07, 6.45) is -0.0621. The molecule has 152 valence electrons. The van der Waals surface area contributed by atoms with Crippen LogP contribution in [-0.4, -0.2) is 65.5 Å². The molecule has 1 aromatic carbocycles. The molecule has 9 heteroatoms. The van der Waals surface area contributed by atoms with Crippen LogP contribution in [-0.2, 0) is 10.5 Å². The number of carbonyl (C=O) groups is 2. The van der Waals surface area contributed by atoms with Crippen LogP contribution < -0.4 is 0 Å². The lowest BCUT2D eigenvalue weighted by Gasteiger charge is -2.52. The number of carboxylic acids is 1. The molecule has 2 aromatic rings. The van der Waals surface area contributed by atoms with Gasteiger partial charge in [-0.15, -0.1) is 11.8 Å². The summed E-state index contributed by atoms with van der Waals surface area (Å²) in [6, 6.07) is 10.6. The summed E-state index contributed by atoms with van der Waals surface area (Å²) in [4.78, 5) is 24.8. The van der Waals surface area contributed by atoms with Crippen molar-refractivity contribution in [3.63, 3.8) is 0 Å². The van der Waals surface area contributed by atoms with E-state index in [9.17, 15) is 9.59 Å². The second kappa shape index (κ2) is 9.47. The number of furan rings is 1. The molecule has 3 rings (SSSR count). The van der Waals surface area contributed by atoms with Crippen molar-refractivity contribution in [1.82, 2.24) is 5.01 Å². The van der Waals surface area contributed by atoms with Crippen molar-refractivity contribution in [2.24, 2.45) is 0 Å². The van der Waals surface area contributed by atoms with Crippen molar-refractivity contribution in [1.29, 1.82) is 0 Å². The van der Waals surface area contributed by atoms with Crippen LogP contribution >= 0.6 is 23.4 Å². The Morgan fingerprint density at radius 1 is 1.21 bits per heavy atom. The number of aliphatic carboxylic acids is 1. The maximum absolute atomic E-state index is 12.8. The predicted molar refractivity (Wildman–Crippen MR) is 107 cm³/mol. The van der Waals surface area contributed by atoms with Crippen molar-refractivity contribution < 1.29 is 28.8 Å². The van der Waals surface area contributed by atoms with Crippen molar-refractivity contribution in [3.8, 4) is 0 Å². The SMILES string of the molecule is CO.C[N+]1(C)CC(CC(=O)O)N1C(=O)c1ccc(CSc2ccc(Cl)cc2)o1. The quantitative estimate of drug-likeness (QED) is 0.543. The van der Waals surface area contributed by atoms with Crippen molar-refractivity contribution in [2.75, 3.05) is 27.7 Å². The van der Waals surface area contributed by atoms with Crippen LogP contribution in [0.1, 0.15) is 22.7 Å². The van der Waals surface area contributed by atoms with E-state index in [4.69, 9.17) is 26.2 Å². The molecule has 1 saturated heterocycles. The minimum atomic E-state index is -0.910. The van der Waals surface area contributed by atoms with Crippen LogP contribution in [0.15, 0.2) is 45.7 Å². The third-order valence-corrected chi connectivity index (χ3v) is 5.56. The third kappa shape index (κ3) is 5.29. The molecular weight excluding hydrogens is 404 g/mol. The molecule has 1 aliphatic heterocycles. The second-order valence-electron chi connectivity index (χ2n) is 6.71. The normalized spacial score (nSPS) is 17.3. The lowest BCUT2D eigenvalue weighted by molar-refractivity contribution is -1.04. The molecule has 28 heavy (non-hydrogen) atoms. The van der Waals surface area contributed by atoms with Gasteiger partial charge in [-0.25, -0.2) is 4.59 Å². The number of benzene rings is 1. The molecule has 1 fully saturated rings. The van der Waals surface area contributed by atoms with Gasteiger partial charge in [0.1, 0.15) is 18.3 Å². The van der Waals surface area contributed by atoms with Gasteiger partial charge < -0.3 is 14.6 Å². The summed E-state index contributed by atoms with van der Waals surface area (Å²) >= 11 is 7.46. The lowest BCUT2D eigenvalue weighted by atomic mass is 10.1. The van der Waals surface area contributed by atoms with E-state index in [1.807, 2.05) is 38.4 Å². The standard InChI is InChI=1S/C18H19ClN2O4S.CH4O/c1-21(2)10-13(9-17(22)23)20(21)18(24)16-8-5-14(25-16)11-26-15-6-3-12(19)4-7-15;1-2/h3-8,13H,9-11H2,1-2H3;2H,1H3/p+1. The van der Waals surface area contributed by atoms with E-state index in [0.29, 0.717) is 27.7 Å². The smallest absolute Gasteiger partial charge is 0.334 e. The largest absolute Gasteiger partial charge is 0.481 e. The fourth-order valence-electron chi connectivity index (χ4n) is 3.16. The average molecular weight is 428 g/mol. The van der Waals surface area contributed by atoms with Crippen LogP contribution in [0.25, 0.3) is 0 Å². The number of amides is 1. The highest BCUT2D eigenvalue weighted by molar-refractivity contribution is 7.98. The Bertz CT molecular complexity index is 822. The predicted octanol–water partition coefficient (Wildman–Crippen LogP) is 3.12. The van der Waals surface area contributed by atoms with Gasteiger partial charge in [0.05, 0.1) is 26.3 Å². The maximum Gasteiger partial charge on any atom is 0.334 e.